The van der Waals surface area contributed by atoms with E-state index >= 15 is 0 Å². The lowest BCUT2D eigenvalue weighted by Crippen LogP contribution is -2.31. The van der Waals surface area contributed by atoms with Gasteiger partial charge in [0.15, 0.2) is 0 Å². The molecule has 5 heteroatoms. The van der Waals surface area contributed by atoms with E-state index in [1.54, 1.807) is 0 Å². The molecule has 0 fully saturated rings. The number of carboxylic acid groups (broad SMARTS) is 1. The molecule has 0 aromatic carbocycles. The van der Waals surface area contributed by atoms with E-state index in [0.717, 1.165) is 6.42 Å². The van der Waals surface area contributed by atoms with Gasteiger partial charge in [-0.05, 0) is 25.7 Å². The third-order valence-corrected chi connectivity index (χ3v) is 5.15. The summed E-state index contributed by atoms with van der Waals surface area (Å²) in [4.78, 5) is 10.6. The van der Waals surface area contributed by atoms with E-state index < -0.39 is 12.0 Å². The molecule has 0 bridgehead atoms. The Labute approximate surface area is 167 Å². The smallest absolute Gasteiger partial charge is 0.320 e. The number of carbonyl (C=O) groups is 1. The second-order valence-electron chi connectivity index (χ2n) is 7.88. The molecule has 0 saturated carbocycles. The highest BCUT2D eigenvalue weighted by molar-refractivity contribution is 5.72. The van der Waals surface area contributed by atoms with Gasteiger partial charge in [-0.25, -0.2) is 0 Å². The molecule has 0 aliphatic rings. The maximum Gasteiger partial charge on any atom is 0.320 e. The van der Waals surface area contributed by atoms with Crippen molar-refractivity contribution < 1.29 is 14.6 Å². The van der Waals surface area contributed by atoms with Crippen molar-refractivity contribution in [3.63, 3.8) is 0 Å². The van der Waals surface area contributed by atoms with Crippen molar-refractivity contribution in [3.8, 4) is 0 Å². The summed E-state index contributed by atoms with van der Waals surface area (Å²) < 4.78 is 5.58. The van der Waals surface area contributed by atoms with Gasteiger partial charge >= 0.3 is 5.97 Å². The van der Waals surface area contributed by atoms with E-state index in [9.17, 15) is 4.79 Å². The van der Waals surface area contributed by atoms with Gasteiger partial charge in [-0.3, -0.25) is 4.79 Å². The molecule has 0 rings (SSSR count). The lowest BCUT2D eigenvalue weighted by Gasteiger charge is -2.13. The molecular formula is C22H46N2O3. The molecule has 0 saturated heterocycles. The van der Waals surface area contributed by atoms with Gasteiger partial charge in [0, 0.05) is 6.61 Å². The fourth-order valence-corrected chi connectivity index (χ4v) is 3.28. The van der Waals surface area contributed by atoms with Crippen LogP contribution in [-0.4, -0.2) is 30.0 Å². The van der Waals surface area contributed by atoms with Gasteiger partial charge in [-0.1, -0.05) is 90.4 Å². The summed E-state index contributed by atoms with van der Waals surface area (Å²) in [6.45, 7) is 2.97. The van der Waals surface area contributed by atoms with Gasteiger partial charge in [-0.2, -0.15) is 0 Å². The first kappa shape index (κ1) is 26.4. The first-order valence-corrected chi connectivity index (χ1v) is 11.4. The number of ether oxygens (including phenoxy) is 1. The van der Waals surface area contributed by atoms with E-state index in [0.29, 0.717) is 25.9 Å². The minimum Gasteiger partial charge on any atom is -0.480 e. The average molecular weight is 387 g/mol. The van der Waals surface area contributed by atoms with Crippen molar-refractivity contribution in [1.82, 2.24) is 0 Å². The van der Waals surface area contributed by atoms with Crippen molar-refractivity contribution in [2.24, 2.45) is 11.5 Å². The molecule has 0 amide bonds. The van der Waals surface area contributed by atoms with Crippen LogP contribution in [0.1, 0.15) is 116 Å². The average Bonchev–Trinajstić information content (AvgIpc) is 2.64. The molecule has 0 spiro atoms. The van der Waals surface area contributed by atoms with Crippen LogP contribution in [0.25, 0.3) is 0 Å². The number of rotatable bonds is 21. The third-order valence-electron chi connectivity index (χ3n) is 5.15. The normalized spacial score (nSPS) is 13.6. The Morgan fingerprint density at radius 2 is 1.19 bits per heavy atom. The zero-order chi connectivity index (χ0) is 20.2. The number of carboxylic acids is 1. The Morgan fingerprint density at radius 3 is 1.63 bits per heavy atom. The number of nitrogens with two attached hydrogens (primary N) is 2. The van der Waals surface area contributed by atoms with Crippen molar-refractivity contribution in [3.05, 3.63) is 0 Å². The first-order chi connectivity index (χ1) is 13.1. The molecule has 0 aromatic heterocycles. The van der Waals surface area contributed by atoms with Gasteiger partial charge in [0.05, 0.1) is 0 Å². The van der Waals surface area contributed by atoms with Gasteiger partial charge in [0.1, 0.15) is 12.3 Å². The van der Waals surface area contributed by atoms with Crippen LogP contribution in [0.15, 0.2) is 0 Å². The van der Waals surface area contributed by atoms with Gasteiger partial charge in [0.25, 0.3) is 0 Å². The topological polar surface area (TPSA) is 98.6 Å². The Morgan fingerprint density at radius 1 is 0.741 bits per heavy atom. The van der Waals surface area contributed by atoms with Gasteiger partial charge in [0.2, 0.25) is 0 Å². The summed E-state index contributed by atoms with van der Waals surface area (Å²) in [7, 11) is 0. The molecular weight excluding hydrogens is 340 g/mol. The largest absolute Gasteiger partial charge is 0.480 e. The monoisotopic (exact) mass is 386 g/mol. The van der Waals surface area contributed by atoms with E-state index in [2.05, 4.69) is 6.92 Å². The SMILES string of the molecule is CCCCCCCCCCCCCCCCOC(N)CCC[C@H](N)C(=O)O. The highest BCUT2D eigenvalue weighted by Crippen LogP contribution is 2.13. The van der Waals surface area contributed by atoms with E-state index in [1.165, 1.54) is 83.5 Å². The van der Waals surface area contributed by atoms with Crippen molar-refractivity contribution in [1.29, 1.82) is 0 Å². The summed E-state index contributed by atoms with van der Waals surface area (Å²) in [5.41, 5.74) is 11.3. The molecule has 1 unspecified atom stereocenters. The molecule has 162 valence electrons. The Balaban J connectivity index is 3.19. The maximum absolute atomic E-state index is 10.6. The summed E-state index contributed by atoms with van der Waals surface area (Å²) in [6, 6.07) is -0.789. The van der Waals surface area contributed by atoms with E-state index in [-0.39, 0.29) is 6.23 Å². The van der Waals surface area contributed by atoms with Crippen LogP contribution in [0.3, 0.4) is 0 Å². The van der Waals surface area contributed by atoms with E-state index in [4.69, 9.17) is 21.3 Å². The second-order valence-corrected chi connectivity index (χ2v) is 7.88. The lowest BCUT2D eigenvalue weighted by atomic mass is 10.0. The van der Waals surface area contributed by atoms with Crippen LogP contribution < -0.4 is 11.5 Å². The highest BCUT2D eigenvalue weighted by Gasteiger charge is 2.11. The van der Waals surface area contributed by atoms with Crippen LogP contribution in [0.4, 0.5) is 0 Å². The molecule has 0 heterocycles. The minimum absolute atomic E-state index is 0.298. The Hall–Kier alpha value is -0.650. The molecule has 0 aliphatic carbocycles. The molecule has 5 N–H and O–H groups in total. The molecule has 0 radical (unpaired) electrons. The quantitative estimate of drug-likeness (QED) is 0.182. The Kier molecular flexibility index (Phi) is 19.6. The second kappa shape index (κ2) is 20.1. The summed E-state index contributed by atoms with van der Waals surface area (Å²) in [5, 5.41) is 8.71. The van der Waals surface area contributed by atoms with Gasteiger partial charge in [-0.15, -0.1) is 0 Å². The first-order valence-electron chi connectivity index (χ1n) is 11.4. The van der Waals surface area contributed by atoms with Crippen LogP contribution in [0.2, 0.25) is 0 Å². The zero-order valence-electron chi connectivity index (χ0n) is 17.8. The lowest BCUT2D eigenvalue weighted by molar-refractivity contribution is -0.138. The molecule has 2 atom stereocenters. The summed E-state index contributed by atoms with van der Waals surface area (Å²) in [6.07, 6.45) is 20.4. The fourth-order valence-electron chi connectivity index (χ4n) is 3.28. The predicted molar refractivity (Wildman–Crippen MR) is 114 cm³/mol. The van der Waals surface area contributed by atoms with Crippen molar-refractivity contribution in [2.75, 3.05) is 6.61 Å². The molecule has 0 aromatic rings. The van der Waals surface area contributed by atoms with Crippen LogP contribution in [0, 0.1) is 0 Å². The van der Waals surface area contributed by atoms with E-state index in [1.807, 2.05) is 0 Å². The Bertz CT molecular complexity index is 327. The summed E-state index contributed by atoms with van der Waals surface area (Å²) in [5.74, 6) is -0.952. The number of hydrogen-bond donors (Lipinski definition) is 3. The summed E-state index contributed by atoms with van der Waals surface area (Å²) >= 11 is 0. The number of aliphatic carboxylic acids is 1. The minimum atomic E-state index is -0.952. The van der Waals surface area contributed by atoms with Crippen molar-refractivity contribution in [2.45, 2.75) is 128 Å². The third kappa shape index (κ3) is 19.9. The zero-order valence-corrected chi connectivity index (χ0v) is 17.8. The number of hydrogen-bond acceptors (Lipinski definition) is 4. The van der Waals surface area contributed by atoms with Crippen LogP contribution in [-0.2, 0) is 9.53 Å². The van der Waals surface area contributed by atoms with Gasteiger partial charge < -0.3 is 21.3 Å². The van der Waals surface area contributed by atoms with Crippen LogP contribution >= 0.6 is 0 Å². The standard InChI is InChI=1S/C22H46N2O3/c1-2-3-4-5-6-7-8-9-10-11-12-13-14-15-19-27-21(24)18-16-17-20(23)22(25)26/h20-21H,2-19,23-24H2,1H3,(H,25,26)/t20-,21?/m0/s1. The van der Waals surface area contributed by atoms with Crippen LogP contribution in [0.5, 0.6) is 0 Å². The van der Waals surface area contributed by atoms with Crippen molar-refractivity contribution >= 4 is 5.97 Å². The fraction of sp³-hybridized carbons (Fsp3) is 0.955. The molecule has 0 aliphatic heterocycles. The maximum atomic E-state index is 10.6. The predicted octanol–water partition coefficient (Wildman–Crippen LogP) is 5.35. The number of unbranched alkanes of at least 4 members (excludes halogenated alkanes) is 13. The molecule has 5 nitrogen and oxygen atoms in total. The molecule has 27 heavy (non-hydrogen) atoms. The highest BCUT2D eigenvalue weighted by atomic mass is 16.5.